The number of imidazole rings is 1. The number of nitrogens with zero attached hydrogens (tertiary/aromatic N) is 4. The number of hydrazine groups is 1. The maximum atomic E-state index is 5.52. The van der Waals surface area contributed by atoms with Crippen molar-refractivity contribution in [2.45, 2.75) is 13.3 Å². The molecule has 2 aromatic heterocycles. The Labute approximate surface area is 122 Å². The van der Waals surface area contributed by atoms with Gasteiger partial charge in [0, 0.05) is 30.4 Å². The largest absolute Gasteiger partial charge is 0.308 e. The molecule has 1 aromatic carbocycles. The zero-order valence-corrected chi connectivity index (χ0v) is 11.7. The van der Waals surface area contributed by atoms with Gasteiger partial charge in [-0.25, -0.2) is 20.8 Å². The minimum atomic E-state index is 0.564. The molecule has 0 spiro atoms. The first-order chi connectivity index (χ1) is 10.3. The number of hydrogen-bond acceptors (Lipinski definition) is 5. The lowest BCUT2D eigenvalue weighted by Crippen LogP contribution is -2.12. The van der Waals surface area contributed by atoms with Gasteiger partial charge in [-0.2, -0.15) is 0 Å². The summed E-state index contributed by atoms with van der Waals surface area (Å²) < 4.78 is 1.94. The third kappa shape index (κ3) is 2.61. The summed E-state index contributed by atoms with van der Waals surface area (Å²) in [6.45, 7) is 2.06. The molecule has 3 aromatic rings. The Morgan fingerprint density at radius 3 is 2.71 bits per heavy atom. The van der Waals surface area contributed by atoms with E-state index in [1.54, 1.807) is 12.3 Å². The maximum Gasteiger partial charge on any atom is 0.163 e. The molecule has 6 heteroatoms. The van der Waals surface area contributed by atoms with Gasteiger partial charge >= 0.3 is 0 Å². The summed E-state index contributed by atoms with van der Waals surface area (Å²) in [5.41, 5.74) is 3.53. The molecule has 0 unspecified atom stereocenters. The number of nitrogen functional groups attached to an aromatic ring is 1. The summed E-state index contributed by atoms with van der Waals surface area (Å²) in [7, 11) is 0. The molecule has 0 aliphatic heterocycles. The number of nitrogens with two attached hydrogens (primary N) is 1. The lowest BCUT2D eigenvalue weighted by atomic mass is 10.2. The molecule has 3 N–H and O–H groups in total. The van der Waals surface area contributed by atoms with Crippen molar-refractivity contribution >= 4 is 5.82 Å². The molecule has 0 aliphatic rings. The van der Waals surface area contributed by atoms with Crippen molar-refractivity contribution in [3.8, 4) is 17.2 Å². The van der Waals surface area contributed by atoms with Crippen LogP contribution in [-0.4, -0.2) is 19.5 Å². The van der Waals surface area contributed by atoms with Gasteiger partial charge in [-0.1, -0.05) is 37.3 Å². The average molecular weight is 280 g/mol. The molecule has 106 valence electrons. The number of aromatic nitrogens is 4. The molecular formula is C15H16N6. The Kier molecular flexibility index (Phi) is 3.61. The molecule has 6 nitrogen and oxygen atoms in total. The molecule has 0 bridgehead atoms. The van der Waals surface area contributed by atoms with Gasteiger partial charge in [-0.05, 0) is 0 Å². The van der Waals surface area contributed by atoms with Gasteiger partial charge in [-0.3, -0.25) is 4.57 Å². The van der Waals surface area contributed by atoms with Crippen LogP contribution >= 0.6 is 0 Å². The van der Waals surface area contributed by atoms with E-state index in [-0.39, 0.29) is 0 Å². The first-order valence-electron chi connectivity index (χ1n) is 6.75. The summed E-state index contributed by atoms with van der Waals surface area (Å²) >= 11 is 0. The Bertz CT molecular complexity index is 735. The van der Waals surface area contributed by atoms with Crippen LogP contribution in [0.15, 0.2) is 48.8 Å². The first-order valence-corrected chi connectivity index (χ1v) is 6.75. The lowest BCUT2D eigenvalue weighted by molar-refractivity contribution is 0.863. The van der Waals surface area contributed by atoms with Crippen molar-refractivity contribution in [3.63, 3.8) is 0 Å². The number of benzene rings is 1. The number of nitrogens with one attached hydrogen (secondary N) is 1. The topological polar surface area (TPSA) is 81.7 Å². The van der Waals surface area contributed by atoms with Crippen LogP contribution in [0, 0.1) is 0 Å². The van der Waals surface area contributed by atoms with E-state index in [0.29, 0.717) is 11.6 Å². The Morgan fingerprint density at radius 2 is 2.00 bits per heavy atom. The molecular weight excluding hydrogens is 264 g/mol. The zero-order chi connectivity index (χ0) is 14.7. The summed E-state index contributed by atoms with van der Waals surface area (Å²) in [5, 5.41) is 0. The summed E-state index contributed by atoms with van der Waals surface area (Å²) in [6, 6.07) is 11.6. The highest BCUT2D eigenvalue weighted by atomic mass is 15.3. The molecule has 21 heavy (non-hydrogen) atoms. The normalized spacial score (nSPS) is 10.6. The van der Waals surface area contributed by atoms with E-state index in [2.05, 4.69) is 27.3 Å². The fraction of sp³-hybridized carbons (Fsp3) is 0.133. The fourth-order valence-electron chi connectivity index (χ4n) is 2.15. The maximum absolute atomic E-state index is 5.52. The lowest BCUT2D eigenvalue weighted by Gasteiger charge is -2.10. The van der Waals surface area contributed by atoms with Gasteiger partial charge in [-0.15, -0.1) is 0 Å². The van der Waals surface area contributed by atoms with Gasteiger partial charge in [0.25, 0.3) is 0 Å². The van der Waals surface area contributed by atoms with E-state index < -0.39 is 0 Å². The first kappa shape index (κ1) is 13.3. The molecule has 3 rings (SSSR count). The zero-order valence-electron chi connectivity index (χ0n) is 11.7. The minimum absolute atomic E-state index is 0.564. The Morgan fingerprint density at radius 1 is 1.19 bits per heavy atom. The molecule has 0 atom stereocenters. The summed E-state index contributed by atoms with van der Waals surface area (Å²) in [5.74, 6) is 8.39. The highest BCUT2D eigenvalue weighted by Crippen LogP contribution is 2.20. The predicted molar refractivity (Wildman–Crippen MR) is 81.8 cm³/mol. The standard InChI is InChI=1S/C15H16N6/c1-2-13-17-8-9-21(13)14-10-12(20-16)18-15(19-14)11-6-4-3-5-7-11/h3-10H,2,16H2,1H3,(H,18,19,20). The van der Waals surface area contributed by atoms with Crippen LogP contribution in [0.25, 0.3) is 17.2 Å². The van der Waals surface area contributed by atoms with Crippen molar-refractivity contribution in [2.75, 3.05) is 5.43 Å². The molecule has 0 aliphatic carbocycles. The quantitative estimate of drug-likeness (QED) is 0.565. The van der Waals surface area contributed by atoms with E-state index in [4.69, 9.17) is 5.84 Å². The van der Waals surface area contributed by atoms with Crippen LogP contribution in [0.5, 0.6) is 0 Å². The molecule has 0 saturated heterocycles. The second-order valence-electron chi connectivity index (χ2n) is 4.51. The van der Waals surface area contributed by atoms with Crippen molar-refractivity contribution in [3.05, 3.63) is 54.6 Å². The van der Waals surface area contributed by atoms with Gasteiger partial charge < -0.3 is 5.43 Å². The average Bonchev–Trinajstić information content (AvgIpc) is 3.04. The minimum Gasteiger partial charge on any atom is -0.308 e. The number of rotatable bonds is 4. The van der Waals surface area contributed by atoms with Crippen molar-refractivity contribution in [1.29, 1.82) is 0 Å². The van der Waals surface area contributed by atoms with Crippen LogP contribution < -0.4 is 11.3 Å². The van der Waals surface area contributed by atoms with Crippen LogP contribution in [0.3, 0.4) is 0 Å². The number of anilines is 1. The number of hydrogen-bond donors (Lipinski definition) is 2. The highest BCUT2D eigenvalue weighted by molar-refractivity contribution is 5.59. The second-order valence-corrected chi connectivity index (χ2v) is 4.51. The van der Waals surface area contributed by atoms with Gasteiger partial charge in [0.1, 0.15) is 17.5 Å². The van der Waals surface area contributed by atoms with E-state index >= 15 is 0 Å². The van der Waals surface area contributed by atoms with Crippen molar-refractivity contribution in [1.82, 2.24) is 19.5 Å². The van der Waals surface area contributed by atoms with Crippen LogP contribution in [-0.2, 0) is 6.42 Å². The Balaban J connectivity index is 2.14. The predicted octanol–water partition coefficient (Wildman–Crippen LogP) is 2.18. The highest BCUT2D eigenvalue weighted by Gasteiger charge is 2.10. The summed E-state index contributed by atoms with van der Waals surface area (Å²) in [4.78, 5) is 13.3. The van der Waals surface area contributed by atoms with E-state index in [9.17, 15) is 0 Å². The molecule has 0 amide bonds. The smallest absolute Gasteiger partial charge is 0.163 e. The SMILES string of the molecule is CCc1nccn1-c1cc(NN)nc(-c2ccccc2)n1. The van der Waals surface area contributed by atoms with Crippen molar-refractivity contribution in [2.24, 2.45) is 5.84 Å². The monoisotopic (exact) mass is 280 g/mol. The second kappa shape index (κ2) is 5.72. The molecule has 2 heterocycles. The molecule has 0 saturated carbocycles. The fourth-order valence-corrected chi connectivity index (χ4v) is 2.15. The third-order valence-corrected chi connectivity index (χ3v) is 3.17. The van der Waals surface area contributed by atoms with Gasteiger partial charge in [0.05, 0.1) is 0 Å². The summed E-state index contributed by atoms with van der Waals surface area (Å²) in [6.07, 6.45) is 4.47. The van der Waals surface area contributed by atoms with Gasteiger partial charge in [0.2, 0.25) is 0 Å². The van der Waals surface area contributed by atoms with E-state index in [0.717, 1.165) is 23.6 Å². The molecule has 0 radical (unpaired) electrons. The van der Waals surface area contributed by atoms with Crippen LogP contribution in [0.1, 0.15) is 12.7 Å². The third-order valence-electron chi connectivity index (χ3n) is 3.17. The van der Waals surface area contributed by atoms with Crippen LogP contribution in [0.4, 0.5) is 5.82 Å². The van der Waals surface area contributed by atoms with E-state index in [1.807, 2.05) is 41.1 Å². The Hall–Kier alpha value is -2.73. The molecule has 0 fully saturated rings. The van der Waals surface area contributed by atoms with Gasteiger partial charge in [0.15, 0.2) is 5.82 Å². The van der Waals surface area contributed by atoms with E-state index in [1.165, 1.54) is 0 Å². The number of aryl methyl sites for hydroxylation is 1. The van der Waals surface area contributed by atoms with Crippen molar-refractivity contribution < 1.29 is 0 Å². The van der Waals surface area contributed by atoms with Crippen LogP contribution in [0.2, 0.25) is 0 Å².